The number of nitrogens with two attached hydrogens (primary N) is 1. The molecule has 0 fully saturated rings. The van der Waals surface area contributed by atoms with Crippen LogP contribution in [0, 0.1) is 12.3 Å². The zero-order chi connectivity index (χ0) is 13.8. The highest BCUT2D eigenvalue weighted by Crippen LogP contribution is 2.21. The van der Waals surface area contributed by atoms with Crippen molar-refractivity contribution in [3.05, 3.63) is 16.1 Å². The van der Waals surface area contributed by atoms with E-state index in [4.69, 9.17) is 10.9 Å². The van der Waals surface area contributed by atoms with E-state index in [9.17, 15) is 0 Å². The number of aromatic nitrogens is 1. The van der Waals surface area contributed by atoms with Crippen molar-refractivity contribution in [2.75, 3.05) is 13.6 Å². The first kappa shape index (κ1) is 14.9. The number of amidine groups is 1. The molecule has 0 spiro atoms. The number of rotatable bonds is 6. The minimum absolute atomic E-state index is 0.278. The number of oxime groups is 1. The summed E-state index contributed by atoms with van der Waals surface area (Å²) >= 11 is 1.67. The van der Waals surface area contributed by atoms with Gasteiger partial charge >= 0.3 is 0 Å². The lowest BCUT2D eigenvalue weighted by molar-refractivity contribution is 0.270. The third-order valence-corrected chi connectivity index (χ3v) is 3.84. The Morgan fingerprint density at radius 2 is 2.28 bits per heavy atom. The molecule has 5 nitrogen and oxygen atoms in total. The van der Waals surface area contributed by atoms with Gasteiger partial charge in [-0.1, -0.05) is 19.0 Å². The van der Waals surface area contributed by atoms with Crippen LogP contribution in [0.4, 0.5) is 0 Å². The molecule has 3 N–H and O–H groups in total. The molecule has 0 aliphatic heterocycles. The Kier molecular flexibility index (Phi) is 5.10. The summed E-state index contributed by atoms with van der Waals surface area (Å²) in [5.41, 5.74) is 6.47. The van der Waals surface area contributed by atoms with E-state index < -0.39 is 0 Å². The summed E-state index contributed by atoms with van der Waals surface area (Å²) in [5, 5.41) is 15.0. The highest BCUT2D eigenvalue weighted by atomic mass is 32.1. The summed E-state index contributed by atoms with van der Waals surface area (Å²) < 4.78 is 0. The van der Waals surface area contributed by atoms with Gasteiger partial charge in [0.2, 0.25) is 0 Å². The fourth-order valence-electron chi connectivity index (χ4n) is 1.57. The number of aryl methyl sites for hydroxylation is 1. The second kappa shape index (κ2) is 6.15. The molecule has 0 amide bonds. The van der Waals surface area contributed by atoms with Crippen molar-refractivity contribution in [1.29, 1.82) is 0 Å². The average molecular weight is 270 g/mol. The van der Waals surface area contributed by atoms with Crippen LogP contribution >= 0.6 is 11.3 Å². The average Bonchev–Trinajstić information content (AvgIpc) is 2.71. The highest BCUT2D eigenvalue weighted by Gasteiger charge is 2.23. The summed E-state index contributed by atoms with van der Waals surface area (Å²) in [4.78, 5) is 6.63. The van der Waals surface area contributed by atoms with E-state index >= 15 is 0 Å². The van der Waals surface area contributed by atoms with Gasteiger partial charge in [-0.3, -0.25) is 0 Å². The Bertz CT molecular complexity index is 414. The van der Waals surface area contributed by atoms with Crippen LogP contribution in [-0.4, -0.2) is 34.5 Å². The number of nitrogens with zero attached hydrogens (tertiary/aromatic N) is 3. The molecule has 1 aromatic heterocycles. The van der Waals surface area contributed by atoms with E-state index in [0.29, 0.717) is 0 Å². The molecule has 1 heterocycles. The Hall–Kier alpha value is -1.14. The van der Waals surface area contributed by atoms with Gasteiger partial charge < -0.3 is 15.8 Å². The van der Waals surface area contributed by atoms with Gasteiger partial charge in [-0.15, -0.1) is 11.3 Å². The van der Waals surface area contributed by atoms with E-state index in [1.165, 1.54) is 0 Å². The Morgan fingerprint density at radius 1 is 1.61 bits per heavy atom. The van der Waals surface area contributed by atoms with Gasteiger partial charge in [-0.05, 0) is 26.9 Å². The molecule has 6 heteroatoms. The van der Waals surface area contributed by atoms with E-state index in [1.807, 2.05) is 20.8 Å². The van der Waals surface area contributed by atoms with Gasteiger partial charge in [0.25, 0.3) is 0 Å². The zero-order valence-corrected chi connectivity index (χ0v) is 12.3. The highest BCUT2D eigenvalue weighted by molar-refractivity contribution is 7.09. The van der Waals surface area contributed by atoms with E-state index in [0.717, 1.165) is 30.2 Å². The summed E-state index contributed by atoms with van der Waals surface area (Å²) in [6.45, 7) is 7.66. The minimum Gasteiger partial charge on any atom is -0.409 e. The van der Waals surface area contributed by atoms with Crippen LogP contribution in [0.3, 0.4) is 0 Å². The van der Waals surface area contributed by atoms with Crippen molar-refractivity contribution in [1.82, 2.24) is 9.88 Å². The molecule has 1 rings (SSSR count). The lowest BCUT2D eigenvalue weighted by atomic mass is 9.88. The SMILES string of the molecule is Cc1nc(CN(C)CCC(C)(C)C(N)=NO)cs1. The van der Waals surface area contributed by atoms with Crippen molar-refractivity contribution in [3.8, 4) is 0 Å². The van der Waals surface area contributed by atoms with Crippen LogP contribution < -0.4 is 5.73 Å². The molecular formula is C12H22N4OS. The standard InChI is InChI=1S/C12H22N4OS/c1-9-14-10(8-18-9)7-16(4)6-5-12(2,3)11(13)15-17/h8,17H,5-7H2,1-4H3,(H2,13,15). The molecule has 0 bridgehead atoms. The minimum atomic E-state index is -0.291. The fourth-order valence-corrected chi connectivity index (χ4v) is 2.17. The van der Waals surface area contributed by atoms with Crippen molar-refractivity contribution < 1.29 is 5.21 Å². The lowest BCUT2D eigenvalue weighted by Crippen LogP contribution is -2.35. The van der Waals surface area contributed by atoms with E-state index in [2.05, 4.69) is 27.5 Å². The van der Waals surface area contributed by atoms with Gasteiger partial charge in [-0.25, -0.2) is 4.98 Å². The quantitative estimate of drug-likeness (QED) is 0.359. The van der Waals surface area contributed by atoms with Crippen molar-refractivity contribution in [2.24, 2.45) is 16.3 Å². The van der Waals surface area contributed by atoms with Crippen LogP contribution in [0.2, 0.25) is 0 Å². The van der Waals surface area contributed by atoms with E-state index in [-0.39, 0.29) is 11.3 Å². The third-order valence-electron chi connectivity index (χ3n) is 3.02. The molecule has 0 saturated carbocycles. The topological polar surface area (TPSA) is 74.7 Å². The predicted octanol–water partition coefficient (Wildman–Crippen LogP) is 2.05. The molecular weight excluding hydrogens is 248 g/mol. The summed E-state index contributed by atoms with van der Waals surface area (Å²) in [5.74, 6) is 0.278. The van der Waals surface area contributed by atoms with Crippen molar-refractivity contribution >= 4 is 17.2 Å². The molecule has 102 valence electrons. The second-order valence-corrected chi connectivity index (χ2v) is 6.28. The molecule has 0 saturated heterocycles. The smallest absolute Gasteiger partial charge is 0.144 e. The zero-order valence-electron chi connectivity index (χ0n) is 11.5. The normalized spacial score (nSPS) is 13.3. The molecule has 18 heavy (non-hydrogen) atoms. The van der Waals surface area contributed by atoms with Gasteiger partial charge in [0.1, 0.15) is 5.84 Å². The van der Waals surface area contributed by atoms with Crippen molar-refractivity contribution in [2.45, 2.75) is 33.7 Å². The lowest BCUT2D eigenvalue weighted by Gasteiger charge is -2.25. The van der Waals surface area contributed by atoms with Crippen LogP contribution in [0.5, 0.6) is 0 Å². The fraction of sp³-hybridized carbons (Fsp3) is 0.667. The number of hydrogen-bond acceptors (Lipinski definition) is 5. The van der Waals surface area contributed by atoms with Crippen molar-refractivity contribution in [3.63, 3.8) is 0 Å². The number of hydrogen-bond donors (Lipinski definition) is 2. The van der Waals surface area contributed by atoms with Crippen LogP contribution in [0.15, 0.2) is 10.5 Å². The second-order valence-electron chi connectivity index (χ2n) is 5.21. The monoisotopic (exact) mass is 270 g/mol. The summed E-state index contributed by atoms with van der Waals surface area (Å²) in [6, 6.07) is 0. The first-order valence-corrected chi connectivity index (χ1v) is 6.80. The Balaban J connectivity index is 2.44. The molecule has 0 unspecified atom stereocenters. The molecule has 0 aliphatic carbocycles. The molecule has 1 aromatic rings. The third kappa shape index (κ3) is 4.27. The predicted molar refractivity (Wildman–Crippen MR) is 75.0 cm³/mol. The molecule has 0 radical (unpaired) electrons. The van der Waals surface area contributed by atoms with Crippen LogP contribution in [-0.2, 0) is 6.54 Å². The Morgan fingerprint density at radius 3 is 2.78 bits per heavy atom. The number of thiazole rings is 1. The first-order chi connectivity index (χ1) is 8.35. The molecule has 0 aliphatic rings. The largest absolute Gasteiger partial charge is 0.409 e. The summed E-state index contributed by atoms with van der Waals surface area (Å²) in [7, 11) is 2.05. The van der Waals surface area contributed by atoms with Gasteiger partial charge in [0, 0.05) is 17.3 Å². The van der Waals surface area contributed by atoms with Gasteiger partial charge in [0.05, 0.1) is 10.7 Å². The maximum absolute atomic E-state index is 8.71. The summed E-state index contributed by atoms with van der Waals surface area (Å²) in [6.07, 6.45) is 0.836. The maximum Gasteiger partial charge on any atom is 0.144 e. The van der Waals surface area contributed by atoms with Crippen LogP contribution in [0.1, 0.15) is 31.0 Å². The van der Waals surface area contributed by atoms with Gasteiger partial charge in [0.15, 0.2) is 0 Å². The van der Waals surface area contributed by atoms with Gasteiger partial charge in [-0.2, -0.15) is 0 Å². The first-order valence-electron chi connectivity index (χ1n) is 5.92. The molecule has 0 aromatic carbocycles. The molecule has 0 atom stereocenters. The Labute approximate surface area is 112 Å². The maximum atomic E-state index is 8.71. The van der Waals surface area contributed by atoms with Crippen LogP contribution in [0.25, 0.3) is 0 Å². The van der Waals surface area contributed by atoms with E-state index in [1.54, 1.807) is 11.3 Å².